The van der Waals surface area contributed by atoms with Gasteiger partial charge in [-0.2, -0.15) is 0 Å². The van der Waals surface area contributed by atoms with E-state index in [1.807, 2.05) is 0 Å². The number of hydrogen-bond acceptors (Lipinski definition) is 3. The Morgan fingerprint density at radius 1 is 1.36 bits per heavy atom. The fraction of sp³-hybridized carbons (Fsp3) is 1.00. The van der Waals surface area contributed by atoms with Crippen molar-refractivity contribution in [2.75, 3.05) is 39.8 Å². The van der Waals surface area contributed by atoms with E-state index in [0.717, 1.165) is 25.0 Å². The highest BCUT2D eigenvalue weighted by Crippen LogP contribution is 2.28. The van der Waals surface area contributed by atoms with Crippen molar-refractivity contribution in [3.63, 3.8) is 0 Å². The second-order valence-electron chi connectivity index (χ2n) is 4.93. The molecular weight excluding hydrogens is 174 g/mol. The van der Waals surface area contributed by atoms with Gasteiger partial charge in [0.25, 0.3) is 0 Å². The molecule has 2 rings (SSSR count). The number of hydrogen-bond donors (Lipinski definition) is 1. The second kappa shape index (κ2) is 4.60. The minimum Gasteiger partial charge on any atom is -0.329 e. The second-order valence-corrected chi connectivity index (χ2v) is 4.93. The molecule has 1 aliphatic heterocycles. The zero-order valence-electron chi connectivity index (χ0n) is 9.28. The molecule has 1 saturated carbocycles. The number of likely N-dealkylation sites (tertiary alicyclic amines) is 1. The molecule has 2 aliphatic rings. The molecule has 0 aromatic carbocycles. The predicted molar refractivity (Wildman–Crippen MR) is 59.3 cm³/mol. The first-order valence-corrected chi connectivity index (χ1v) is 5.92. The number of rotatable bonds is 5. The van der Waals surface area contributed by atoms with E-state index in [4.69, 9.17) is 5.73 Å². The van der Waals surface area contributed by atoms with E-state index >= 15 is 0 Å². The molecule has 2 N–H and O–H groups in total. The molecule has 0 unspecified atom stereocenters. The minimum atomic E-state index is 0.819. The topological polar surface area (TPSA) is 32.5 Å². The number of nitrogens with two attached hydrogens (primary N) is 1. The molecule has 14 heavy (non-hydrogen) atoms. The highest BCUT2D eigenvalue weighted by molar-refractivity contribution is 4.87. The van der Waals surface area contributed by atoms with Crippen molar-refractivity contribution in [1.82, 2.24) is 9.80 Å². The predicted octanol–water partition coefficient (Wildman–Crippen LogP) is 0.361. The molecule has 0 radical (unpaired) electrons. The molecule has 0 spiro atoms. The lowest BCUT2D eigenvalue weighted by atomic mass is 10.1. The van der Waals surface area contributed by atoms with Crippen molar-refractivity contribution >= 4 is 0 Å². The van der Waals surface area contributed by atoms with Crippen molar-refractivity contribution in [1.29, 1.82) is 0 Å². The molecule has 0 aromatic rings. The van der Waals surface area contributed by atoms with Crippen molar-refractivity contribution in [2.45, 2.75) is 25.3 Å². The van der Waals surface area contributed by atoms with Crippen LogP contribution >= 0.6 is 0 Å². The van der Waals surface area contributed by atoms with Gasteiger partial charge in [-0.25, -0.2) is 0 Å². The molecule has 3 nitrogen and oxygen atoms in total. The van der Waals surface area contributed by atoms with Crippen LogP contribution in [-0.2, 0) is 0 Å². The molecule has 0 aromatic heterocycles. The van der Waals surface area contributed by atoms with Crippen LogP contribution in [0.5, 0.6) is 0 Å². The average Bonchev–Trinajstić information content (AvgIpc) is 2.91. The van der Waals surface area contributed by atoms with Crippen LogP contribution < -0.4 is 5.73 Å². The van der Waals surface area contributed by atoms with E-state index in [2.05, 4.69) is 16.8 Å². The smallest absolute Gasteiger partial charge is 0.0108 e. The summed E-state index contributed by atoms with van der Waals surface area (Å²) < 4.78 is 0. The fourth-order valence-corrected chi connectivity index (χ4v) is 2.54. The summed E-state index contributed by atoms with van der Waals surface area (Å²) in [6.45, 7) is 5.77. The Morgan fingerprint density at radius 3 is 2.64 bits per heavy atom. The summed E-state index contributed by atoms with van der Waals surface area (Å²) in [5, 5.41) is 0. The lowest BCUT2D eigenvalue weighted by Gasteiger charge is -2.24. The molecule has 2 fully saturated rings. The van der Waals surface area contributed by atoms with Gasteiger partial charge in [0.15, 0.2) is 0 Å². The Hall–Kier alpha value is -0.120. The van der Waals surface area contributed by atoms with Gasteiger partial charge in [0, 0.05) is 32.2 Å². The molecule has 1 heterocycles. The van der Waals surface area contributed by atoms with Crippen LogP contribution in [0.1, 0.15) is 19.3 Å². The lowest BCUT2D eigenvalue weighted by molar-refractivity contribution is 0.226. The SMILES string of the molecule is CN1CC[C@@H](CN(CCN)C2CC2)C1. The Balaban J connectivity index is 1.75. The summed E-state index contributed by atoms with van der Waals surface area (Å²) in [4.78, 5) is 5.06. The molecular formula is C11H23N3. The average molecular weight is 197 g/mol. The zero-order chi connectivity index (χ0) is 9.97. The van der Waals surface area contributed by atoms with E-state index < -0.39 is 0 Å². The van der Waals surface area contributed by atoms with Crippen LogP contribution in [-0.4, -0.2) is 55.6 Å². The zero-order valence-corrected chi connectivity index (χ0v) is 9.28. The highest BCUT2D eigenvalue weighted by atomic mass is 15.2. The van der Waals surface area contributed by atoms with Gasteiger partial charge < -0.3 is 10.6 Å². The normalized spacial score (nSPS) is 28.9. The Kier molecular flexibility index (Phi) is 3.42. The summed E-state index contributed by atoms with van der Waals surface area (Å²) in [5.74, 6) is 0.896. The highest BCUT2D eigenvalue weighted by Gasteiger charge is 2.31. The van der Waals surface area contributed by atoms with Crippen LogP contribution in [0.3, 0.4) is 0 Å². The standard InChI is InChI=1S/C11H23N3/c1-13-6-4-10(8-13)9-14(7-5-12)11-2-3-11/h10-11H,2-9,12H2,1H3/t10-/m1/s1. The third-order valence-electron chi connectivity index (χ3n) is 3.46. The van der Waals surface area contributed by atoms with E-state index in [1.54, 1.807) is 0 Å². The summed E-state index contributed by atoms with van der Waals surface area (Å²) in [5.41, 5.74) is 5.64. The third-order valence-corrected chi connectivity index (χ3v) is 3.46. The lowest BCUT2D eigenvalue weighted by Crippen LogP contribution is -2.36. The third kappa shape index (κ3) is 2.69. The molecule has 0 bridgehead atoms. The molecule has 1 aliphatic carbocycles. The fourth-order valence-electron chi connectivity index (χ4n) is 2.54. The van der Waals surface area contributed by atoms with Crippen molar-refractivity contribution in [3.8, 4) is 0 Å². The minimum absolute atomic E-state index is 0.819. The van der Waals surface area contributed by atoms with E-state index in [9.17, 15) is 0 Å². The van der Waals surface area contributed by atoms with Crippen LogP contribution in [0.25, 0.3) is 0 Å². The first kappa shape index (κ1) is 10.4. The van der Waals surface area contributed by atoms with Gasteiger partial charge in [0.1, 0.15) is 0 Å². The van der Waals surface area contributed by atoms with Gasteiger partial charge in [0.2, 0.25) is 0 Å². The van der Waals surface area contributed by atoms with Gasteiger partial charge in [-0.3, -0.25) is 4.90 Å². The molecule has 3 heteroatoms. The van der Waals surface area contributed by atoms with Crippen LogP contribution in [0.4, 0.5) is 0 Å². The first-order chi connectivity index (χ1) is 6.79. The maximum absolute atomic E-state index is 5.64. The van der Waals surface area contributed by atoms with Gasteiger partial charge in [0.05, 0.1) is 0 Å². The van der Waals surface area contributed by atoms with Crippen molar-refractivity contribution in [2.24, 2.45) is 11.7 Å². The van der Waals surface area contributed by atoms with Crippen LogP contribution in [0.15, 0.2) is 0 Å². The monoisotopic (exact) mass is 197 g/mol. The molecule has 1 atom stereocenters. The van der Waals surface area contributed by atoms with E-state index in [-0.39, 0.29) is 0 Å². The van der Waals surface area contributed by atoms with Crippen LogP contribution in [0.2, 0.25) is 0 Å². The number of nitrogens with zero attached hydrogens (tertiary/aromatic N) is 2. The summed E-state index contributed by atoms with van der Waals surface area (Å²) in [7, 11) is 2.23. The summed E-state index contributed by atoms with van der Waals surface area (Å²) >= 11 is 0. The first-order valence-electron chi connectivity index (χ1n) is 5.92. The maximum atomic E-state index is 5.64. The molecule has 1 saturated heterocycles. The Morgan fingerprint density at radius 2 is 2.14 bits per heavy atom. The van der Waals surface area contributed by atoms with Gasteiger partial charge in [-0.15, -0.1) is 0 Å². The Bertz CT molecular complexity index is 179. The maximum Gasteiger partial charge on any atom is 0.0108 e. The van der Waals surface area contributed by atoms with E-state index in [0.29, 0.717) is 0 Å². The Labute approximate surface area is 87.2 Å². The van der Waals surface area contributed by atoms with Gasteiger partial charge in [-0.1, -0.05) is 0 Å². The van der Waals surface area contributed by atoms with Gasteiger partial charge >= 0.3 is 0 Å². The summed E-state index contributed by atoms with van der Waals surface area (Å²) in [6, 6.07) is 0.879. The van der Waals surface area contributed by atoms with Crippen molar-refractivity contribution in [3.05, 3.63) is 0 Å². The summed E-state index contributed by atoms with van der Waals surface area (Å²) in [6.07, 6.45) is 4.19. The largest absolute Gasteiger partial charge is 0.329 e. The van der Waals surface area contributed by atoms with E-state index in [1.165, 1.54) is 38.9 Å². The molecule has 0 amide bonds. The molecule has 82 valence electrons. The van der Waals surface area contributed by atoms with Gasteiger partial charge in [-0.05, 0) is 38.8 Å². The quantitative estimate of drug-likeness (QED) is 0.691. The van der Waals surface area contributed by atoms with Crippen molar-refractivity contribution < 1.29 is 0 Å². The van der Waals surface area contributed by atoms with Crippen LogP contribution in [0, 0.1) is 5.92 Å².